The van der Waals surface area contributed by atoms with Gasteiger partial charge in [0.05, 0.1) is 24.2 Å². The molecule has 0 N–H and O–H groups in total. The van der Waals surface area contributed by atoms with Gasteiger partial charge in [-0.15, -0.1) is 0 Å². The van der Waals surface area contributed by atoms with Gasteiger partial charge in [0.15, 0.2) is 5.82 Å². The third kappa shape index (κ3) is 3.72. The van der Waals surface area contributed by atoms with E-state index in [0.29, 0.717) is 58.2 Å². The number of ether oxygens (including phenoxy) is 1. The molecule has 0 aliphatic carbocycles. The highest BCUT2D eigenvalue weighted by atomic mass is 16.5. The Kier molecular flexibility index (Phi) is 5.88. The molecule has 1 aliphatic heterocycles. The summed E-state index contributed by atoms with van der Waals surface area (Å²) in [6.07, 6.45) is 0.304. The van der Waals surface area contributed by atoms with Crippen molar-refractivity contribution in [1.29, 1.82) is 0 Å². The van der Waals surface area contributed by atoms with Crippen molar-refractivity contribution in [2.24, 2.45) is 0 Å². The van der Waals surface area contributed by atoms with Crippen LogP contribution in [0, 0.1) is 0 Å². The topological polar surface area (TPSA) is 67.7 Å². The fraction of sp³-hybridized carbons (Fsp3) is 0.526. The third-order valence-electron chi connectivity index (χ3n) is 4.81. The van der Waals surface area contributed by atoms with Crippen LogP contribution in [0.4, 0.5) is 5.82 Å². The van der Waals surface area contributed by atoms with Crippen molar-refractivity contribution >= 4 is 22.8 Å². The van der Waals surface area contributed by atoms with Crippen molar-refractivity contribution in [1.82, 2.24) is 14.5 Å². The molecule has 0 spiro atoms. The van der Waals surface area contributed by atoms with Crippen molar-refractivity contribution in [2.45, 2.75) is 26.8 Å². The Balaban J connectivity index is 1.95. The molecule has 7 heteroatoms. The van der Waals surface area contributed by atoms with E-state index in [1.807, 2.05) is 43.0 Å². The van der Waals surface area contributed by atoms with Gasteiger partial charge in [0.2, 0.25) is 5.91 Å². The molecule has 0 bridgehead atoms. The second-order valence-corrected chi connectivity index (χ2v) is 6.30. The Hall–Kier alpha value is -2.41. The number of carbonyl (C=O) groups is 1. The normalized spacial score (nSPS) is 14.6. The number of anilines is 1. The number of fused-ring (bicyclic) bond motifs is 1. The van der Waals surface area contributed by atoms with Crippen molar-refractivity contribution in [3.8, 4) is 0 Å². The van der Waals surface area contributed by atoms with E-state index in [1.54, 1.807) is 9.47 Å². The molecule has 1 aromatic heterocycles. The van der Waals surface area contributed by atoms with E-state index in [2.05, 4.69) is 4.98 Å². The van der Waals surface area contributed by atoms with E-state index in [0.717, 1.165) is 11.0 Å². The predicted molar refractivity (Wildman–Crippen MR) is 102 cm³/mol. The number of amides is 1. The predicted octanol–water partition coefficient (Wildman–Crippen LogP) is 1.49. The summed E-state index contributed by atoms with van der Waals surface area (Å²) in [6.45, 7) is 8.13. The molecule has 1 aromatic carbocycles. The van der Waals surface area contributed by atoms with Crippen molar-refractivity contribution in [3.05, 3.63) is 34.6 Å². The molecule has 0 atom stereocenters. The number of rotatable bonds is 6. The van der Waals surface area contributed by atoms with Gasteiger partial charge in [-0.2, -0.15) is 0 Å². The molecule has 1 amide bonds. The number of carbonyl (C=O) groups excluding carboxylic acids is 1. The van der Waals surface area contributed by atoms with Gasteiger partial charge in [-0.05, 0) is 26.0 Å². The zero-order valence-electron chi connectivity index (χ0n) is 15.5. The van der Waals surface area contributed by atoms with Crippen LogP contribution in [0.15, 0.2) is 29.1 Å². The van der Waals surface area contributed by atoms with Crippen LogP contribution in [-0.2, 0) is 16.1 Å². The summed E-state index contributed by atoms with van der Waals surface area (Å²) < 4.78 is 7.07. The molecule has 7 nitrogen and oxygen atoms in total. The number of nitrogens with zero attached hydrogens (tertiary/aromatic N) is 4. The molecule has 0 unspecified atom stereocenters. The minimum absolute atomic E-state index is 0.0655. The molecule has 3 rings (SSSR count). The van der Waals surface area contributed by atoms with Crippen LogP contribution in [-0.4, -0.2) is 59.8 Å². The lowest BCUT2D eigenvalue weighted by Crippen LogP contribution is -2.41. The summed E-state index contributed by atoms with van der Waals surface area (Å²) in [4.78, 5) is 33.8. The van der Waals surface area contributed by atoms with E-state index in [9.17, 15) is 9.59 Å². The average Bonchev–Trinajstić information content (AvgIpc) is 2.68. The maximum absolute atomic E-state index is 13.1. The fourth-order valence-corrected chi connectivity index (χ4v) is 3.32. The summed E-state index contributed by atoms with van der Waals surface area (Å²) >= 11 is 0. The maximum atomic E-state index is 13.1. The molecular weight excluding hydrogens is 332 g/mol. The number of hydrogen-bond donors (Lipinski definition) is 0. The molecule has 2 heterocycles. The van der Waals surface area contributed by atoms with Crippen molar-refractivity contribution in [2.75, 3.05) is 44.3 Å². The van der Waals surface area contributed by atoms with Gasteiger partial charge < -0.3 is 19.1 Å². The van der Waals surface area contributed by atoms with E-state index in [1.165, 1.54) is 0 Å². The van der Waals surface area contributed by atoms with E-state index in [-0.39, 0.29) is 11.5 Å². The van der Waals surface area contributed by atoms with Gasteiger partial charge in [-0.3, -0.25) is 9.59 Å². The fourth-order valence-electron chi connectivity index (χ4n) is 3.32. The first-order valence-corrected chi connectivity index (χ1v) is 9.25. The van der Waals surface area contributed by atoms with Gasteiger partial charge in [0, 0.05) is 39.1 Å². The summed E-state index contributed by atoms with van der Waals surface area (Å²) in [5.74, 6) is 0.512. The lowest BCUT2D eigenvalue weighted by atomic mass is 10.2. The molecule has 1 aliphatic rings. The zero-order chi connectivity index (χ0) is 18.5. The second kappa shape index (κ2) is 8.31. The van der Waals surface area contributed by atoms with Crippen LogP contribution < -0.4 is 10.5 Å². The summed E-state index contributed by atoms with van der Waals surface area (Å²) in [6, 6.07) is 7.59. The SMILES string of the molecule is CCN(CC)C(=O)CCn1c(=O)c(N2CCOCC2)nc2ccccc21. The number of morpholine rings is 1. The molecule has 0 saturated carbocycles. The zero-order valence-corrected chi connectivity index (χ0v) is 15.5. The first-order chi connectivity index (χ1) is 12.7. The van der Waals surface area contributed by atoms with Gasteiger partial charge in [0.25, 0.3) is 5.56 Å². The summed E-state index contributed by atoms with van der Waals surface area (Å²) in [5.41, 5.74) is 1.39. The minimum atomic E-state index is -0.141. The first kappa shape index (κ1) is 18.4. The Labute approximate surface area is 153 Å². The number of benzene rings is 1. The highest BCUT2D eigenvalue weighted by Crippen LogP contribution is 2.16. The maximum Gasteiger partial charge on any atom is 0.294 e. The van der Waals surface area contributed by atoms with Crippen LogP contribution in [0.5, 0.6) is 0 Å². The van der Waals surface area contributed by atoms with Crippen LogP contribution in [0.3, 0.4) is 0 Å². The molecule has 140 valence electrons. The van der Waals surface area contributed by atoms with E-state index in [4.69, 9.17) is 4.74 Å². The smallest absolute Gasteiger partial charge is 0.294 e. The van der Waals surface area contributed by atoms with E-state index >= 15 is 0 Å². The summed E-state index contributed by atoms with van der Waals surface area (Å²) in [5, 5.41) is 0. The Morgan fingerprint density at radius 1 is 1.19 bits per heavy atom. The van der Waals surface area contributed by atoms with Crippen molar-refractivity contribution < 1.29 is 9.53 Å². The number of aromatic nitrogens is 2. The van der Waals surface area contributed by atoms with Crippen LogP contribution >= 0.6 is 0 Å². The monoisotopic (exact) mass is 358 g/mol. The lowest BCUT2D eigenvalue weighted by Gasteiger charge is -2.28. The largest absolute Gasteiger partial charge is 0.378 e. The molecule has 1 saturated heterocycles. The molecule has 2 aromatic rings. The summed E-state index contributed by atoms with van der Waals surface area (Å²) in [7, 11) is 0. The molecule has 1 fully saturated rings. The van der Waals surface area contributed by atoms with Gasteiger partial charge in [0.1, 0.15) is 0 Å². The quantitative estimate of drug-likeness (QED) is 0.783. The van der Waals surface area contributed by atoms with Crippen molar-refractivity contribution in [3.63, 3.8) is 0 Å². The highest BCUT2D eigenvalue weighted by Gasteiger charge is 2.20. The first-order valence-electron chi connectivity index (χ1n) is 9.25. The molecule has 26 heavy (non-hydrogen) atoms. The third-order valence-corrected chi connectivity index (χ3v) is 4.81. The van der Waals surface area contributed by atoms with Gasteiger partial charge >= 0.3 is 0 Å². The Morgan fingerprint density at radius 3 is 2.58 bits per heavy atom. The van der Waals surface area contributed by atoms with Crippen LogP contribution in [0.25, 0.3) is 11.0 Å². The number of aryl methyl sites for hydroxylation is 1. The van der Waals surface area contributed by atoms with Gasteiger partial charge in [-0.1, -0.05) is 12.1 Å². The lowest BCUT2D eigenvalue weighted by molar-refractivity contribution is -0.131. The van der Waals surface area contributed by atoms with Gasteiger partial charge in [-0.25, -0.2) is 4.98 Å². The minimum Gasteiger partial charge on any atom is -0.378 e. The standard InChI is InChI=1S/C19H26N4O3/c1-3-21(4-2)17(24)9-10-23-16-8-6-5-7-15(16)20-18(19(23)25)22-11-13-26-14-12-22/h5-8H,3-4,9-14H2,1-2H3. The van der Waals surface area contributed by atoms with Crippen LogP contribution in [0.2, 0.25) is 0 Å². The number of hydrogen-bond acceptors (Lipinski definition) is 5. The highest BCUT2D eigenvalue weighted by molar-refractivity contribution is 5.78. The Morgan fingerprint density at radius 2 is 1.88 bits per heavy atom. The average molecular weight is 358 g/mol. The second-order valence-electron chi connectivity index (χ2n) is 6.30. The Bertz CT molecular complexity index is 823. The molecule has 0 radical (unpaired) electrons. The van der Waals surface area contributed by atoms with Crippen LogP contribution in [0.1, 0.15) is 20.3 Å². The van der Waals surface area contributed by atoms with E-state index < -0.39 is 0 Å². The number of para-hydroxylation sites is 2. The molecular formula is C19H26N4O3.